The van der Waals surface area contributed by atoms with E-state index in [1.165, 1.54) is 0 Å². The molecule has 0 atom stereocenters. The molecule has 0 bridgehead atoms. The molecule has 0 radical (unpaired) electrons. The van der Waals surface area contributed by atoms with Gasteiger partial charge in [-0.05, 0) is 29.2 Å². The first-order valence-electron chi connectivity index (χ1n) is 8.86. The van der Waals surface area contributed by atoms with E-state index < -0.39 is 10.0 Å². The molecule has 2 N–H and O–H groups in total. The van der Waals surface area contributed by atoms with Crippen molar-refractivity contribution in [2.75, 3.05) is 18.9 Å². The van der Waals surface area contributed by atoms with Crippen molar-refractivity contribution >= 4 is 15.9 Å². The summed E-state index contributed by atoms with van der Waals surface area (Å²) in [5.41, 5.74) is 2.01. The van der Waals surface area contributed by atoms with E-state index in [1.54, 1.807) is 6.07 Å². The Morgan fingerprint density at radius 3 is 2.52 bits per heavy atom. The van der Waals surface area contributed by atoms with Crippen LogP contribution in [0.5, 0.6) is 5.75 Å². The summed E-state index contributed by atoms with van der Waals surface area (Å²) in [7, 11) is -3.46. The lowest BCUT2D eigenvalue weighted by atomic mass is 10.0. The van der Waals surface area contributed by atoms with Gasteiger partial charge in [0.2, 0.25) is 10.0 Å². The fourth-order valence-electron chi connectivity index (χ4n) is 2.35. The van der Waals surface area contributed by atoms with Gasteiger partial charge in [-0.2, -0.15) is 0 Å². The molecule has 0 unspecified atom stereocenters. The summed E-state index contributed by atoms with van der Waals surface area (Å²) < 4.78 is 31.9. The van der Waals surface area contributed by atoms with Gasteiger partial charge in [0, 0.05) is 13.1 Å². The Hall–Kier alpha value is -2.38. The molecule has 2 aromatic rings. The summed E-state index contributed by atoms with van der Waals surface area (Å²) in [4.78, 5) is 11.8. The van der Waals surface area contributed by atoms with Crippen LogP contribution in [0.1, 0.15) is 30.9 Å². The molecule has 0 saturated carbocycles. The Morgan fingerprint density at radius 1 is 1.07 bits per heavy atom. The number of carbonyl (C=O) groups is 1. The number of hydrogen-bond acceptors (Lipinski definition) is 4. The molecule has 27 heavy (non-hydrogen) atoms. The molecular weight excluding hydrogens is 364 g/mol. The van der Waals surface area contributed by atoms with Crippen LogP contribution in [0.2, 0.25) is 0 Å². The number of nitrogens with one attached hydrogen (secondary N) is 2. The zero-order chi connectivity index (χ0) is 19.7. The highest BCUT2D eigenvalue weighted by molar-refractivity contribution is 7.89. The first-order chi connectivity index (χ1) is 12.9. The third-order valence-electron chi connectivity index (χ3n) is 3.93. The average molecular weight is 391 g/mol. The molecule has 146 valence electrons. The Morgan fingerprint density at radius 2 is 1.81 bits per heavy atom. The third kappa shape index (κ3) is 7.80. The molecule has 0 aliphatic rings. The molecule has 1 amide bonds. The van der Waals surface area contributed by atoms with Crippen LogP contribution in [-0.4, -0.2) is 33.2 Å². The third-order valence-corrected chi connectivity index (χ3v) is 5.25. The highest BCUT2D eigenvalue weighted by Crippen LogP contribution is 2.19. The maximum atomic E-state index is 12.0. The van der Waals surface area contributed by atoms with Crippen LogP contribution in [0.25, 0.3) is 0 Å². The molecular formula is C20H26N2O4S. The van der Waals surface area contributed by atoms with Crippen LogP contribution in [0, 0.1) is 0 Å². The highest BCUT2D eigenvalue weighted by Gasteiger charge is 2.11. The summed E-state index contributed by atoms with van der Waals surface area (Å²) in [6.07, 6.45) is 0. The smallest absolute Gasteiger partial charge is 0.257 e. The minimum Gasteiger partial charge on any atom is -0.484 e. The molecule has 0 aliphatic carbocycles. The lowest BCUT2D eigenvalue weighted by Gasteiger charge is -2.11. The second-order valence-corrected chi connectivity index (χ2v) is 8.42. The summed E-state index contributed by atoms with van der Waals surface area (Å²) in [6, 6.07) is 16.8. The van der Waals surface area contributed by atoms with Gasteiger partial charge >= 0.3 is 0 Å². The Balaban J connectivity index is 1.70. The minimum absolute atomic E-state index is 0.0261. The van der Waals surface area contributed by atoms with E-state index in [0.717, 1.165) is 11.1 Å². The van der Waals surface area contributed by atoms with Gasteiger partial charge in [0.15, 0.2) is 6.61 Å². The maximum absolute atomic E-state index is 12.0. The molecule has 7 heteroatoms. The van der Waals surface area contributed by atoms with E-state index in [0.29, 0.717) is 11.7 Å². The predicted octanol–water partition coefficient (Wildman–Crippen LogP) is 2.42. The highest BCUT2D eigenvalue weighted by atomic mass is 32.2. The maximum Gasteiger partial charge on any atom is 0.257 e. The first-order valence-corrected chi connectivity index (χ1v) is 10.5. The van der Waals surface area contributed by atoms with E-state index in [1.807, 2.05) is 48.5 Å². The largest absolute Gasteiger partial charge is 0.484 e. The molecule has 6 nitrogen and oxygen atoms in total. The molecule has 0 aromatic heterocycles. The SMILES string of the molecule is CC(C)c1cccc(OCC(=O)NCCS(=O)(=O)NCc2ccccc2)c1. The van der Waals surface area contributed by atoms with Gasteiger partial charge in [-0.15, -0.1) is 0 Å². The lowest BCUT2D eigenvalue weighted by molar-refractivity contribution is -0.122. The van der Waals surface area contributed by atoms with Crippen LogP contribution in [-0.2, 0) is 21.4 Å². The van der Waals surface area contributed by atoms with Crippen molar-refractivity contribution in [3.8, 4) is 5.75 Å². The Kier molecular flexibility index (Phi) is 7.82. The fraction of sp³-hybridized carbons (Fsp3) is 0.350. The molecule has 0 heterocycles. The zero-order valence-corrected chi connectivity index (χ0v) is 16.5. The molecule has 0 spiro atoms. The van der Waals surface area contributed by atoms with E-state index in [9.17, 15) is 13.2 Å². The molecule has 2 rings (SSSR count). The summed E-state index contributed by atoms with van der Waals surface area (Å²) in [6.45, 7) is 4.26. The predicted molar refractivity (Wildman–Crippen MR) is 106 cm³/mol. The number of benzene rings is 2. The number of carbonyl (C=O) groups excluding carboxylic acids is 1. The van der Waals surface area contributed by atoms with Crippen LogP contribution >= 0.6 is 0 Å². The second-order valence-electron chi connectivity index (χ2n) is 6.49. The van der Waals surface area contributed by atoms with Crippen molar-refractivity contribution in [3.63, 3.8) is 0 Å². The van der Waals surface area contributed by atoms with Crippen molar-refractivity contribution in [2.45, 2.75) is 26.3 Å². The Bertz CT molecular complexity index is 836. The van der Waals surface area contributed by atoms with Crippen molar-refractivity contribution in [3.05, 3.63) is 65.7 Å². The zero-order valence-electron chi connectivity index (χ0n) is 15.6. The van der Waals surface area contributed by atoms with Gasteiger partial charge in [0.1, 0.15) is 5.75 Å². The normalized spacial score (nSPS) is 11.4. The fourth-order valence-corrected chi connectivity index (χ4v) is 3.25. The summed E-state index contributed by atoms with van der Waals surface area (Å²) in [5, 5.41) is 2.56. The van der Waals surface area contributed by atoms with Gasteiger partial charge in [-0.3, -0.25) is 4.79 Å². The van der Waals surface area contributed by atoms with Crippen molar-refractivity contribution in [2.24, 2.45) is 0 Å². The number of amides is 1. The first kappa shape index (κ1) is 20.9. The number of hydrogen-bond donors (Lipinski definition) is 2. The molecule has 0 aliphatic heterocycles. The molecule has 0 saturated heterocycles. The number of sulfonamides is 1. The van der Waals surface area contributed by atoms with Crippen molar-refractivity contribution in [1.82, 2.24) is 10.0 Å². The van der Waals surface area contributed by atoms with Gasteiger partial charge < -0.3 is 10.1 Å². The second kappa shape index (κ2) is 10.1. The van der Waals surface area contributed by atoms with E-state index in [-0.39, 0.29) is 31.4 Å². The van der Waals surface area contributed by atoms with E-state index in [2.05, 4.69) is 23.9 Å². The van der Waals surface area contributed by atoms with Gasteiger partial charge in [-0.25, -0.2) is 13.1 Å². The van der Waals surface area contributed by atoms with Gasteiger partial charge in [0.05, 0.1) is 5.75 Å². The minimum atomic E-state index is -3.46. The van der Waals surface area contributed by atoms with E-state index >= 15 is 0 Å². The van der Waals surface area contributed by atoms with Crippen LogP contribution in [0.4, 0.5) is 0 Å². The number of rotatable bonds is 10. The topological polar surface area (TPSA) is 84.5 Å². The standard InChI is InChI=1S/C20H26N2O4S/c1-16(2)18-9-6-10-19(13-18)26-15-20(23)21-11-12-27(24,25)22-14-17-7-4-3-5-8-17/h3-10,13,16,22H,11-12,14-15H2,1-2H3,(H,21,23). The Labute approximate surface area is 161 Å². The van der Waals surface area contributed by atoms with Gasteiger partial charge in [0.25, 0.3) is 5.91 Å². The lowest BCUT2D eigenvalue weighted by Crippen LogP contribution is -2.36. The molecule has 0 fully saturated rings. The summed E-state index contributed by atoms with van der Waals surface area (Å²) in [5.74, 6) is 0.446. The number of ether oxygens (including phenoxy) is 1. The average Bonchev–Trinajstić information content (AvgIpc) is 2.66. The quantitative estimate of drug-likeness (QED) is 0.653. The van der Waals surface area contributed by atoms with Crippen molar-refractivity contribution < 1.29 is 17.9 Å². The van der Waals surface area contributed by atoms with Crippen LogP contribution in [0.15, 0.2) is 54.6 Å². The summed E-state index contributed by atoms with van der Waals surface area (Å²) >= 11 is 0. The monoisotopic (exact) mass is 390 g/mol. The van der Waals surface area contributed by atoms with E-state index in [4.69, 9.17) is 4.74 Å². The van der Waals surface area contributed by atoms with Crippen LogP contribution < -0.4 is 14.8 Å². The molecule has 2 aromatic carbocycles. The van der Waals surface area contributed by atoms with Crippen molar-refractivity contribution in [1.29, 1.82) is 0 Å². The van der Waals surface area contributed by atoms with Crippen LogP contribution in [0.3, 0.4) is 0 Å². The van der Waals surface area contributed by atoms with Gasteiger partial charge in [-0.1, -0.05) is 56.3 Å².